The van der Waals surface area contributed by atoms with Crippen molar-refractivity contribution in [1.29, 1.82) is 0 Å². The molecule has 15 heteroatoms. The number of carbonyl (C=O) groups is 6. The minimum atomic E-state index is -1.16. The Balaban J connectivity index is 1.44. The van der Waals surface area contributed by atoms with E-state index in [1.807, 2.05) is 0 Å². The van der Waals surface area contributed by atoms with Gasteiger partial charge in [-0.05, 0) is 90.0 Å². The van der Waals surface area contributed by atoms with Crippen LogP contribution in [0.5, 0.6) is 0 Å². The van der Waals surface area contributed by atoms with Gasteiger partial charge in [-0.25, -0.2) is 4.79 Å². The van der Waals surface area contributed by atoms with Crippen LogP contribution in [0.4, 0.5) is 4.79 Å². The molecule has 5 amide bonds. The van der Waals surface area contributed by atoms with E-state index in [9.17, 15) is 33.9 Å². The van der Waals surface area contributed by atoms with Gasteiger partial charge in [0, 0.05) is 70.8 Å². The van der Waals surface area contributed by atoms with Crippen LogP contribution in [0.25, 0.3) is 0 Å². The van der Waals surface area contributed by atoms with Crippen molar-refractivity contribution >= 4 is 35.5 Å². The maximum atomic E-state index is 13.1. The number of carbonyl (C=O) groups excluding carboxylic acids is 6. The molecule has 6 N–H and O–H groups in total. The standard InChI is InChI=1S/C37H61N7O8/c1-37(2,3)52-36(51)42-22-12-16-31(47)41-21-11-15-30(46)40-20-10-13-29(45)27-39-19-7-5-4-6-14-32(48)43-33(35(50)44-25-8-9-26-44)34(49)28-17-23-38-24-18-28/h17-18,23-24,33-34,39,49H,4-16,19-22,25-27H2,1-3H3,(H,40,46)(H,41,47)(H,42,51)(H,43,48)/t33-,34+/m1/s1. The summed E-state index contributed by atoms with van der Waals surface area (Å²) >= 11 is 0. The molecule has 1 aliphatic rings. The second-order valence-corrected chi connectivity index (χ2v) is 14.1. The molecule has 2 atom stereocenters. The Morgan fingerprint density at radius 1 is 0.750 bits per heavy atom. The zero-order valence-electron chi connectivity index (χ0n) is 31.3. The average molecular weight is 732 g/mol. The van der Waals surface area contributed by atoms with Crippen LogP contribution < -0.4 is 26.6 Å². The Bertz CT molecular complexity index is 1250. The van der Waals surface area contributed by atoms with Crippen LogP contribution >= 0.6 is 0 Å². The molecule has 0 bridgehead atoms. The Hall–Kier alpha value is -4.11. The minimum Gasteiger partial charge on any atom is -0.444 e. The molecule has 1 aromatic rings. The lowest BCUT2D eigenvalue weighted by atomic mass is 10.0. The van der Waals surface area contributed by atoms with Crippen molar-refractivity contribution in [2.24, 2.45) is 0 Å². The molecule has 0 unspecified atom stereocenters. The highest BCUT2D eigenvalue weighted by Gasteiger charge is 2.34. The van der Waals surface area contributed by atoms with Crippen LogP contribution in [0.15, 0.2) is 24.5 Å². The van der Waals surface area contributed by atoms with Crippen molar-refractivity contribution < 1.29 is 38.6 Å². The molecule has 1 aliphatic heterocycles. The lowest BCUT2D eigenvalue weighted by molar-refractivity contribution is -0.139. The van der Waals surface area contributed by atoms with Crippen LogP contribution in [-0.2, 0) is 28.7 Å². The number of aliphatic hydroxyl groups is 1. The number of ether oxygens (including phenoxy) is 1. The van der Waals surface area contributed by atoms with Crippen LogP contribution in [0.2, 0.25) is 0 Å². The van der Waals surface area contributed by atoms with Gasteiger partial charge in [0.25, 0.3) is 0 Å². The number of nitrogens with one attached hydrogen (secondary N) is 5. The molecule has 1 saturated heterocycles. The predicted molar refractivity (Wildman–Crippen MR) is 196 cm³/mol. The third-order valence-electron chi connectivity index (χ3n) is 8.30. The number of alkyl carbamates (subject to hydrolysis) is 1. The molecule has 0 spiro atoms. The topological polar surface area (TPSA) is 208 Å². The monoisotopic (exact) mass is 731 g/mol. The Morgan fingerprint density at radius 2 is 1.31 bits per heavy atom. The summed E-state index contributed by atoms with van der Waals surface area (Å²) < 4.78 is 5.14. The van der Waals surface area contributed by atoms with Gasteiger partial charge in [-0.3, -0.25) is 29.0 Å². The normalized spacial score (nSPS) is 13.9. The number of unbranched alkanes of at least 4 members (excludes halogenated alkanes) is 3. The number of aromatic nitrogens is 1. The first kappa shape index (κ1) is 44.1. The van der Waals surface area contributed by atoms with Gasteiger partial charge in [0.1, 0.15) is 23.5 Å². The van der Waals surface area contributed by atoms with E-state index >= 15 is 0 Å². The van der Waals surface area contributed by atoms with Gasteiger partial charge in [0.2, 0.25) is 23.6 Å². The number of nitrogens with zero attached hydrogens (tertiary/aromatic N) is 2. The second kappa shape index (κ2) is 25.0. The van der Waals surface area contributed by atoms with Gasteiger partial charge < -0.3 is 41.3 Å². The molecule has 15 nitrogen and oxygen atoms in total. The zero-order valence-corrected chi connectivity index (χ0v) is 31.3. The first-order valence-corrected chi connectivity index (χ1v) is 18.7. The molecule has 2 rings (SSSR count). The fourth-order valence-electron chi connectivity index (χ4n) is 5.53. The van der Waals surface area contributed by atoms with Gasteiger partial charge >= 0.3 is 6.09 Å². The van der Waals surface area contributed by atoms with E-state index in [-0.39, 0.29) is 55.2 Å². The van der Waals surface area contributed by atoms with Crippen molar-refractivity contribution in [3.05, 3.63) is 30.1 Å². The van der Waals surface area contributed by atoms with Crippen molar-refractivity contribution in [3.63, 3.8) is 0 Å². The number of hydrogen-bond donors (Lipinski definition) is 6. The number of likely N-dealkylation sites (tertiary alicyclic amines) is 1. The summed E-state index contributed by atoms with van der Waals surface area (Å²) in [5.74, 6) is -0.738. The lowest BCUT2D eigenvalue weighted by Gasteiger charge is -2.28. The number of aliphatic hydroxyl groups excluding tert-OH is 1. The van der Waals surface area contributed by atoms with Crippen molar-refractivity contribution in [2.75, 3.05) is 45.8 Å². The Kier molecular flexibility index (Phi) is 21.2. The van der Waals surface area contributed by atoms with E-state index in [1.165, 1.54) is 0 Å². The van der Waals surface area contributed by atoms with Crippen LogP contribution in [0, 0.1) is 0 Å². The maximum Gasteiger partial charge on any atom is 0.407 e. The molecule has 292 valence electrons. The lowest BCUT2D eigenvalue weighted by Crippen LogP contribution is -2.51. The van der Waals surface area contributed by atoms with Crippen LogP contribution in [0.1, 0.15) is 116 Å². The molecule has 52 heavy (non-hydrogen) atoms. The van der Waals surface area contributed by atoms with E-state index in [0.717, 1.165) is 32.1 Å². The highest BCUT2D eigenvalue weighted by atomic mass is 16.6. The Labute approximate surface area is 308 Å². The molecular weight excluding hydrogens is 670 g/mol. The third kappa shape index (κ3) is 20.1. The van der Waals surface area contributed by atoms with Crippen molar-refractivity contribution in [2.45, 2.75) is 122 Å². The summed E-state index contributed by atoms with van der Waals surface area (Å²) in [5, 5.41) is 25.0. The largest absolute Gasteiger partial charge is 0.444 e. The Morgan fingerprint density at radius 3 is 1.92 bits per heavy atom. The maximum absolute atomic E-state index is 13.1. The minimum absolute atomic E-state index is 0.0712. The summed E-state index contributed by atoms with van der Waals surface area (Å²) in [4.78, 5) is 79.2. The molecule has 1 aromatic heterocycles. The quantitative estimate of drug-likeness (QED) is 0.0810. The first-order valence-electron chi connectivity index (χ1n) is 18.7. The van der Waals surface area contributed by atoms with Crippen LogP contribution in [0.3, 0.4) is 0 Å². The van der Waals surface area contributed by atoms with Gasteiger partial charge in [-0.15, -0.1) is 0 Å². The zero-order chi connectivity index (χ0) is 38.2. The van der Waals surface area contributed by atoms with Crippen LogP contribution in [-0.4, -0.2) is 108 Å². The van der Waals surface area contributed by atoms with Gasteiger partial charge in [-0.2, -0.15) is 0 Å². The smallest absolute Gasteiger partial charge is 0.407 e. The predicted octanol–water partition coefficient (Wildman–Crippen LogP) is 2.43. The number of amides is 5. The molecule has 2 heterocycles. The van der Waals surface area contributed by atoms with Crippen molar-refractivity contribution in [1.82, 2.24) is 36.5 Å². The summed E-state index contributed by atoms with van der Waals surface area (Å²) in [5.41, 5.74) is -0.0465. The van der Waals surface area contributed by atoms with Gasteiger partial charge in [-0.1, -0.05) is 12.8 Å². The fourth-order valence-corrected chi connectivity index (χ4v) is 5.53. The molecule has 1 fully saturated rings. The fraction of sp³-hybridized carbons (Fsp3) is 0.703. The molecule has 0 radical (unpaired) electrons. The molecular formula is C37H61N7O8. The number of pyridine rings is 1. The van der Waals surface area contributed by atoms with E-state index in [2.05, 4.69) is 31.6 Å². The number of ketones is 1. The average Bonchev–Trinajstić information content (AvgIpc) is 3.65. The molecule has 0 saturated carbocycles. The molecule has 0 aliphatic carbocycles. The highest BCUT2D eigenvalue weighted by molar-refractivity contribution is 5.88. The summed E-state index contributed by atoms with van der Waals surface area (Å²) in [6, 6.07) is 2.23. The van der Waals surface area contributed by atoms with E-state index in [4.69, 9.17) is 4.74 Å². The molecule has 0 aromatic carbocycles. The van der Waals surface area contributed by atoms with Crippen molar-refractivity contribution in [3.8, 4) is 0 Å². The van der Waals surface area contributed by atoms with Gasteiger partial charge in [0.15, 0.2) is 0 Å². The first-order chi connectivity index (χ1) is 24.9. The number of hydrogen-bond acceptors (Lipinski definition) is 10. The van der Waals surface area contributed by atoms with E-state index < -0.39 is 23.8 Å². The number of rotatable bonds is 25. The summed E-state index contributed by atoms with van der Waals surface area (Å²) in [6.45, 7) is 8.65. The number of Topliss-reactive ketones (excluding diaryl/α,β-unsaturated/α-hetero) is 1. The summed E-state index contributed by atoms with van der Waals surface area (Å²) in [7, 11) is 0. The SMILES string of the molecule is CC(C)(C)OC(=O)NCCCC(=O)NCCCC(=O)NCCCC(=O)CNCCCCCCC(=O)N[C@@H](C(=O)N1CCCC1)[C@@H](O)c1ccncc1. The highest BCUT2D eigenvalue weighted by Crippen LogP contribution is 2.20. The van der Waals surface area contributed by atoms with E-state index in [0.29, 0.717) is 76.9 Å². The second-order valence-electron chi connectivity index (χ2n) is 14.1. The summed E-state index contributed by atoms with van der Waals surface area (Å²) in [6.07, 6.45) is 9.12. The third-order valence-corrected chi connectivity index (χ3v) is 8.30. The van der Waals surface area contributed by atoms with E-state index in [1.54, 1.807) is 50.2 Å². The van der Waals surface area contributed by atoms with Gasteiger partial charge in [0.05, 0.1) is 6.54 Å².